The molecule has 0 saturated heterocycles. The van der Waals surface area contributed by atoms with Gasteiger partial charge in [-0.3, -0.25) is 4.98 Å². The van der Waals surface area contributed by atoms with Gasteiger partial charge in [-0.2, -0.15) is 0 Å². The predicted octanol–water partition coefficient (Wildman–Crippen LogP) is 4.34. The van der Waals surface area contributed by atoms with Crippen LogP contribution in [0, 0.1) is 11.8 Å². The first-order valence-electron chi connectivity index (χ1n) is 6.46. The smallest absolute Gasteiger partial charge is 0.0306 e. The summed E-state index contributed by atoms with van der Waals surface area (Å²) in [5, 5.41) is 0. The van der Waals surface area contributed by atoms with E-state index in [1.54, 1.807) is 0 Å². The van der Waals surface area contributed by atoms with Crippen molar-refractivity contribution in [2.75, 3.05) is 0 Å². The summed E-state index contributed by atoms with van der Waals surface area (Å²) in [6, 6.07) is 4.21. The monoisotopic (exact) mass is 227 g/mol. The number of allylic oxidation sites excluding steroid dienone is 4. The highest BCUT2D eigenvalue weighted by Crippen LogP contribution is 2.34. The largest absolute Gasteiger partial charge is 0.264 e. The van der Waals surface area contributed by atoms with Crippen molar-refractivity contribution < 1.29 is 0 Å². The van der Waals surface area contributed by atoms with E-state index in [1.807, 2.05) is 18.5 Å². The Balaban J connectivity index is 2.28. The van der Waals surface area contributed by atoms with Gasteiger partial charge in [0.15, 0.2) is 0 Å². The molecule has 0 radical (unpaired) electrons. The minimum Gasteiger partial charge on any atom is -0.264 e. The zero-order chi connectivity index (χ0) is 12.3. The molecule has 2 unspecified atom stereocenters. The lowest BCUT2D eigenvalue weighted by Crippen LogP contribution is -2.11. The Kier molecular flexibility index (Phi) is 3.78. The third-order valence-corrected chi connectivity index (χ3v) is 3.41. The van der Waals surface area contributed by atoms with Crippen molar-refractivity contribution in [2.24, 2.45) is 11.8 Å². The Bertz CT molecular complexity index is 414. The van der Waals surface area contributed by atoms with Crippen molar-refractivity contribution in [1.29, 1.82) is 0 Å². The second-order valence-electron chi connectivity index (χ2n) is 5.28. The molecule has 1 aromatic rings. The molecular formula is C16H21N. The zero-order valence-electron chi connectivity index (χ0n) is 10.9. The maximum atomic E-state index is 4.25. The zero-order valence-corrected chi connectivity index (χ0v) is 10.9. The standard InChI is InChI=1S/C16H21N/c1-12(2)16(15-5-4-10-17-11-15)14-8-6-13(3)7-9-14/h4-6,8-13,16H,7H2,1-3H3. The predicted molar refractivity (Wildman–Crippen MR) is 72.8 cm³/mol. The highest BCUT2D eigenvalue weighted by atomic mass is 14.6. The number of nitrogens with zero attached hydrogens (tertiary/aromatic N) is 1. The average molecular weight is 227 g/mol. The summed E-state index contributed by atoms with van der Waals surface area (Å²) in [6.07, 6.45) is 12.0. The Morgan fingerprint density at radius 2 is 2.18 bits per heavy atom. The van der Waals surface area contributed by atoms with Gasteiger partial charge in [0.1, 0.15) is 0 Å². The van der Waals surface area contributed by atoms with Gasteiger partial charge in [-0.25, -0.2) is 0 Å². The maximum Gasteiger partial charge on any atom is 0.0306 e. The van der Waals surface area contributed by atoms with Crippen molar-refractivity contribution in [3.8, 4) is 0 Å². The molecule has 0 aliphatic heterocycles. The second-order valence-corrected chi connectivity index (χ2v) is 5.28. The number of pyridine rings is 1. The summed E-state index contributed by atoms with van der Waals surface area (Å²) >= 11 is 0. The van der Waals surface area contributed by atoms with Crippen LogP contribution < -0.4 is 0 Å². The first-order valence-corrected chi connectivity index (χ1v) is 6.46. The van der Waals surface area contributed by atoms with Crippen LogP contribution in [0.3, 0.4) is 0 Å². The number of aromatic nitrogens is 1. The molecule has 1 aliphatic carbocycles. The lowest BCUT2D eigenvalue weighted by atomic mass is 9.80. The molecule has 2 atom stereocenters. The molecule has 0 fully saturated rings. The lowest BCUT2D eigenvalue weighted by molar-refractivity contribution is 0.554. The third kappa shape index (κ3) is 2.85. The Labute approximate surface area is 104 Å². The Morgan fingerprint density at radius 3 is 2.71 bits per heavy atom. The summed E-state index contributed by atoms with van der Waals surface area (Å²) in [5.41, 5.74) is 2.78. The van der Waals surface area contributed by atoms with Crippen LogP contribution in [-0.2, 0) is 0 Å². The lowest BCUT2D eigenvalue weighted by Gasteiger charge is -2.25. The van der Waals surface area contributed by atoms with Gasteiger partial charge in [0.05, 0.1) is 0 Å². The van der Waals surface area contributed by atoms with Gasteiger partial charge in [-0.1, -0.05) is 45.1 Å². The van der Waals surface area contributed by atoms with E-state index in [0.717, 1.165) is 6.42 Å². The van der Waals surface area contributed by atoms with E-state index in [4.69, 9.17) is 0 Å². The van der Waals surface area contributed by atoms with Crippen LogP contribution in [0.25, 0.3) is 0 Å². The minimum atomic E-state index is 0.479. The fraction of sp³-hybridized carbons (Fsp3) is 0.438. The molecular weight excluding hydrogens is 206 g/mol. The normalized spacial score (nSPS) is 21.4. The molecule has 0 spiro atoms. The molecule has 1 heteroatoms. The van der Waals surface area contributed by atoms with E-state index in [1.165, 1.54) is 11.1 Å². The minimum absolute atomic E-state index is 0.479. The first kappa shape index (κ1) is 12.1. The van der Waals surface area contributed by atoms with Crippen molar-refractivity contribution >= 4 is 0 Å². The van der Waals surface area contributed by atoms with Crippen molar-refractivity contribution in [3.05, 3.63) is 53.9 Å². The van der Waals surface area contributed by atoms with Gasteiger partial charge >= 0.3 is 0 Å². The number of hydrogen-bond acceptors (Lipinski definition) is 1. The molecule has 0 bridgehead atoms. The second kappa shape index (κ2) is 5.31. The van der Waals surface area contributed by atoms with Crippen LogP contribution in [0.4, 0.5) is 0 Å². The summed E-state index contributed by atoms with van der Waals surface area (Å²) in [7, 11) is 0. The maximum absolute atomic E-state index is 4.25. The van der Waals surface area contributed by atoms with Crippen LogP contribution in [0.1, 0.15) is 38.7 Å². The molecule has 0 aromatic carbocycles. The summed E-state index contributed by atoms with van der Waals surface area (Å²) in [5.74, 6) is 1.76. The molecule has 0 saturated carbocycles. The SMILES string of the molecule is CC1C=CC(C(c2cccnc2)C(C)C)=CC1. The van der Waals surface area contributed by atoms with Crippen LogP contribution in [0.5, 0.6) is 0 Å². The van der Waals surface area contributed by atoms with Gasteiger partial charge in [0, 0.05) is 18.3 Å². The van der Waals surface area contributed by atoms with E-state index in [2.05, 4.69) is 50.0 Å². The van der Waals surface area contributed by atoms with Gasteiger partial charge < -0.3 is 0 Å². The van der Waals surface area contributed by atoms with Crippen molar-refractivity contribution in [2.45, 2.75) is 33.1 Å². The Hall–Kier alpha value is -1.37. The molecule has 17 heavy (non-hydrogen) atoms. The average Bonchev–Trinajstić information content (AvgIpc) is 2.33. The molecule has 90 valence electrons. The number of rotatable bonds is 3. The Morgan fingerprint density at radius 1 is 1.35 bits per heavy atom. The van der Waals surface area contributed by atoms with E-state index in [9.17, 15) is 0 Å². The van der Waals surface area contributed by atoms with Crippen LogP contribution in [-0.4, -0.2) is 4.98 Å². The third-order valence-electron chi connectivity index (χ3n) is 3.41. The van der Waals surface area contributed by atoms with Crippen LogP contribution in [0.2, 0.25) is 0 Å². The summed E-state index contributed by atoms with van der Waals surface area (Å²) in [4.78, 5) is 4.25. The highest BCUT2D eigenvalue weighted by Gasteiger charge is 2.20. The first-order chi connectivity index (χ1) is 8.18. The van der Waals surface area contributed by atoms with Gasteiger partial charge in [-0.05, 0) is 35.5 Å². The van der Waals surface area contributed by atoms with E-state index >= 15 is 0 Å². The van der Waals surface area contributed by atoms with E-state index in [0.29, 0.717) is 17.8 Å². The fourth-order valence-corrected chi connectivity index (χ4v) is 2.50. The quantitative estimate of drug-likeness (QED) is 0.748. The van der Waals surface area contributed by atoms with Crippen molar-refractivity contribution in [3.63, 3.8) is 0 Å². The molecule has 1 nitrogen and oxygen atoms in total. The molecule has 1 aromatic heterocycles. The summed E-state index contributed by atoms with van der Waals surface area (Å²) in [6.45, 7) is 6.83. The molecule has 1 aliphatic rings. The van der Waals surface area contributed by atoms with Gasteiger partial charge in [0.25, 0.3) is 0 Å². The van der Waals surface area contributed by atoms with Gasteiger partial charge in [0.2, 0.25) is 0 Å². The fourth-order valence-electron chi connectivity index (χ4n) is 2.50. The summed E-state index contributed by atoms with van der Waals surface area (Å²) < 4.78 is 0. The van der Waals surface area contributed by atoms with E-state index in [-0.39, 0.29) is 0 Å². The molecule has 0 N–H and O–H groups in total. The van der Waals surface area contributed by atoms with E-state index < -0.39 is 0 Å². The topological polar surface area (TPSA) is 12.9 Å². The van der Waals surface area contributed by atoms with Crippen LogP contribution >= 0.6 is 0 Å². The number of hydrogen-bond donors (Lipinski definition) is 0. The van der Waals surface area contributed by atoms with Gasteiger partial charge in [-0.15, -0.1) is 0 Å². The van der Waals surface area contributed by atoms with Crippen molar-refractivity contribution in [1.82, 2.24) is 4.98 Å². The molecule has 0 amide bonds. The molecule has 2 rings (SSSR count). The molecule has 1 heterocycles. The van der Waals surface area contributed by atoms with Crippen LogP contribution in [0.15, 0.2) is 48.3 Å². The highest BCUT2D eigenvalue weighted by molar-refractivity contribution is 5.36.